The molecule has 1 aromatic carbocycles. The van der Waals surface area contributed by atoms with Crippen LogP contribution in [0.5, 0.6) is 0 Å². The fourth-order valence-corrected chi connectivity index (χ4v) is 2.66. The third-order valence-corrected chi connectivity index (χ3v) is 4.25. The number of rotatable bonds is 5. The Balaban J connectivity index is 1.74. The standard InChI is InChI=1S/C17H17ClFN5O/c1-10(11-2-4-13(19)5-3-11)16(25)9-24-8-15(22-23-24)14-6-12(18)7-21-17(14)20/h2-8,10,16,25H,9H2,1H3,(H2,20,21). The highest BCUT2D eigenvalue weighted by molar-refractivity contribution is 6.30. The molecule has 2 unspecified atom stereocenters. The number of aromatic nitrogens is 4. The van der Waals surface area contributed by atoms with Crippen molar-refractivity contribution in [2.75, 3.05) is 5.73 Å². The summed E-state index contributed by atoms with van der Waals surface area (Å²) in [4.78, 5) is 3.99. The fourth-order valence-electron chi connectivity index (χ4n) is 2.50. The van der Waals surface area contributed by atoms with Crippen LogP contribution in [0.3, 0.4) is 0 Å². The third kappa shape index (κ3) is 3.94. The van der Waals surface area contributed by atoms with Gasteiger partial charge in [-0.05, 0) is 23.8 Å². The van der Waals surface area contributed by atoms with Gasteiger partial charge in [0.25, 0.3) is 0 Å². The van der Waals surface area contributed by atoms with E-state index in [2.05, 4.69) is 15.3 Å². The lowest BCUT2D eigenvalue weighted by atomic mass is 9.95. The van der Waals surface area contributed by atoms with Crippen molar-refractivity contribution < 1.29 is 9.50 Å². The molecular formula is C17H17ClFN5O. The molecule has 0 radical (unpaired) electrons. The molecule has 0 saturated carbocycles. The average Bonchev–Trinajstić information content (AvgIpc) is 3.05. The minimum atomic E-state index is -0.713. The highest BCUT2D eigenvalue weighted by atomic mass is 35.5. The normalized spacial score (nSPS) is 13.6. The van der Waals surface area contributed by atoms with E-state index in [1.165, 1.54) is 23.0 Å². The van der Waals surface area contributed by atoms with Gasteiger partial charge in [0.15, 0.2) is 0 Å². The molecular weight excluding hydrogens is 345 g/mol. The van der Waals surface area contributed by atoms with Crippen LogP contribution in [0.25, 0.3) is 11.3 Å². The van der Waals surface area contributed by atoms with Crippen LogP contribution >= 0.6 is 11.6 Å². The lowest BCUT2D eigenvalue weighted by Crippen LogP contribution is -2.22. The van der Waals surface area contributed by atoms with Crippen LogP contribution in [0.2, 0.25) is 5.02 Å². The Kier molecular flexibility index (Phi) is 4.96. The Morgan fingerprint density at radius 2 is 2.04 bits per heavy atom. The molecule has 130 valence electrons. The monoisotopic (exact) mass is 361 g/mol. The second-order valence-electron chi connectivity index (χ2n) is 5.82. The molecule has 0 bridgehead atoms. The van der Waals surface area contributed by atoms with Crippen LogP contribution in [0.15, 0.2) is 42.7 Å². The predicted molar refractivity (Wildman–Crippen MR) is 93.5 cm³/mol. The van der Waals surface area contributed by atoms with Gasteiger partial charge in [-0.2, -0.15) is 0 Å². The first-order valence-corrected chi connectivity index (χ1v) is 8.07. The summed E-state index contributed by atoms with van der Waals surface area (Å²) in [6.07, 6.45) is 2.42. The molecule has 3 rings (SSSR count). The maximum absolute atomic E-state index is 13.0. The van der Waals surface area contributed by atoms with E-state index in [1.54, 1.807) is 24.4 Å². The van der Waals surface area contributed by atoms with Crippen molar-refractivity contribution >= 4 is 17.4 Å². The fraction of sp³-hybridized carbons (Fsp3) is 0.235. The summed E-state index contributed by atoms with van der Waals surface area (Å²) in [5, 5.41) is 19.0. The smallest absolute Gasteiger partial charge is 0.133 e. The maximum atomic E-state index is 13.0. The van der Waals surface area contributed by atoms with Crippen molar-refractivity contribution in [3.8, 4) is 11.3 Å². The Morgan fingerprint density at radius 1 is 1.32 bits per heavy atom. The molecule has 0 amide bonds. The molecule has 0 aliphatic rings. The molecule has 3 aromatic rings. The van der Waals surface area contributed by atoms with Gasteiger partial charge in [0.05, 0.1) is 23.9 Å². The summed E-state index contributed by atoms with van der Waals surface area (Å²) in [7, 11) is 0. The summed E-state index contributed by atoms with van der Waals surface area (Å²) < 4.78 is 14.5. The lowest BCUT2D eigenvalue weighted by Gasteiger charge is -2.19. The number of benzene rings is 1. The van der Waals surface area contributed by atoms with Gasteiger partial charge in [-0.3, -0.25) is 0 Å². The number of anilines is 1. The van der Waals surface area contributed by atoms with Gasteiger partial charge < -0.3 is 10.8 Å². The molecule has 0 fully saturated rings. The molecule has 0 spiro atoms. The van der Waals surface area contributed by atoms with Crippen molar-refractivity contribution in [2.24, 2.45) is 0 Å². The van der Waals surface area contributed by atoms with E-state index in [1.807, 2.05) is 6.92 Å². The second-order valence-corrected chi connectivity index (χ2v) is 6.26. The van der Waals surface area contributed by atoms with Gasteiger partial charge >= 0.3 is 0 Å². The van der Waals surface area contributed by atoms with Gasteiger partial charge in [-0.1, -0.05) is 35.9 Å². The second kappa shape index (κ2) is 7.16. The van der Waals surface area contributed by atoms with Gasteiger partial charge in [-0.15, -0.1) is 5.10 Å². The number of hydrogen-bond acceptors (Lipinski definition) is 5. The summed E-state index contributed by atoms with van der Waals surface area (Å²) in [5.41, 5.74) is 7.79. The Bertz CT molecular complexity index is 868. The molecule has 0 aliphatic heterocycles. The molecule has 3 N–H and O–H groups in total. The molecule has 0 saturated heterocycles. The molecule has 2 atom stereocenters. The zero-order valence-electron chi connectivity index (χ0n) is 13.5. The van der Waals surface area contributed by atoms with Crippen molar-refractivity contribution in [1.29, 1.82) is 0 Å². The zero-order valence-corrected chi connectivity index (χ0v) is 14.2. The van der Waals surface area contributed by atoms with E-state index >= 15 is 0 Å². The number of hydrogen-bond donors (Lipinski definition) is 2. The number of nitrogens with zero attached hydrogens (tertiary/aromatic N) is 4. The molecule has 0 aliphatic carbocycles. The summed E-state index contributed by atoms with van der Waals surface area (Å²) in [5.74, 6) is -0.193. The first-order chi connectivity index (χ1) is 11.9. The SMILES string of the molecule is CC(c1ccc(F)cc1)C(O)Cn1cc(-c2cc(Cl)cnc2N)nn1. The number of nitrogens with two attached hydrogens (primary N) is 1. The topological polar surface area (TPSA) is 89.8 Å². The number of halogens is 2. The largest absolute Gasteiger partial charge is 0.391 e. The van der Waals surface area contributed by atoms with E-state index in [-0.39, 0.29) is 18.3 Å². The van der Waals surface area contributed by atoms with E-state index in [9.17, 15) is 9.50 Å². The van der Waals surface area contributed by atoms with Crippen molar-refractivity contribution in [2.45, 2.75) is 25.5 Å². The Labute approximate surface area is 149 Å². The average molecular weight is 362 g/mol. The summed E-state index contributed by atoms with van der Waals surface area (Å²) >= 11 is 5.94. The number of nitrogen functional groups attached to an aromatic ring is 1. The van der Waals surface area contributed by atoms with Gasteiger partial charge in [0, 0.05) is 17.7 Å². The van der Waals surface area contributed by atoms with Gasteiger partial charge in [-0.25, -0.2) is 14.1 Å². The molecule has 8 heteroatoms. The highest BCUT2D eigenvalue weighted by Gasteiger charge is 2.18. The molecule has 2 heterocycles. The zero-order chi connectivity index (χ0) is 18.0. The van der Waals surface area contributed by atoms with Crippen molar-refractivity contribution in [3.05, 3.63) is 59.1 Å². The van der Waals surface area contributed by atoms with Crippen LogP contribution in [0.4, 0.5) is 10.2 Å². The molecule has 6 nitrogen and oxygen atoms in total. The predicted octanol–water partition coefficient (Wildman–Crippen LogP) is 2.88. The summed E-state index contributed by atoms with van der Waals surface area (Å²) in [6.45, 7) is 2.11. The van der Waals surface area contributed by atoms with E-state index < -0.39 is 6.10 Å². The minimum absolute atomic E-state index is 0.189. The highest BCUT2D eigenvalue weighted by Crippen LogP contribution is 2.25. The number of pyridine rings is 1. The van der Waals surface area contributed by atoms with Gasteiger partial charge in [0.2, 0.25) is 0 Å². The van der Waals surface area contributed by atoms with Crippen LogP contribution < -0.4 is 5.73 Å². The first kappa shape index (κ1) is 17.3. The third-order valence-electron chi connectivity index (χ3n) is 4.05. The molecule has 25 heavy (non-hydrogen) atoms. The number of aliphatic hydroxyl groups is 1. The van der Waals surface area contributed by atoms with Crippen LogP contribution in [0.1, 0.15) is 18.4 Å². The lowest BCUT2D eigenvalue weighted by molar-refractivity contribution is 0.124. The van der Waals surface area contributed by atoms with E-state index in [0.717, 1.165) is 5.56 Å². The van der Waals surface area contributed by atoms with Crippen LogP contribution in [-0.2, 0) is 6.54 Å². The van der Waals surface area contributed by atoms with E-state index in [4.69, 9.17) is 17.3 Å². The van der Waals surface area contributed by atoms with Crippen molar-refractivity contribution in [1.82, 2.24) is 20.0 Å². The minimum Gasteiger partial charge on any atom is -0.391 e. The van der Waals surface area contributed by atoms with Gasteiger partial charge in [0.1, 0.15) is 17.3 Å². The van der Waals surface area contributed by atoms with Crippen LogP contribution in [-0.4, -0.2) is 31.2 Å². The quantitative estimate of drug-likeness (QED) is 0.729. The maximum Gasteiger partial charge on any atom is 0.133 e. The van der Waals surface area contributed by atoms with Crippen LogP contribution in [0, 0.1) is 5.82 Å². The summed E-state index contributed by atoms with van der Waals surface area (Å²) in [6, 6.07) is 7.74. The Morgan fingerprint density at radius 3 is 2.76 bits per heavy atom. The van der Waals surface area contributed by atoms with E-state index in [0.29, 0.717) is 22.1 Å². The molecule has 2 aromatic heterocycles. The van der Waals surface area contributed by atoms with Crippen molar-refractivity contribution in [3.63, 3.8) is 0 Å². The Hall–Kier alpha value is -2.51. The first-order valence-electron chi connectivity index (χ1n) is 7.69. The number of aliphatic hydroxyl groups excluding tert-OH is 1.